The number of alkyl halides is 6. The molecule has 0 atom stereocenters. The van der Waals surface area contributed by atoms with E-state index in [4.69, 9.17) is 0 Å². The van der Waals surface area contributed by atoms with Crippen LogP contribution in [0.25, 0.3) is 39.0 Å². The molecule has 0 aliphatic heterocycles. The van der Waals surface area contributed by atoms with Crippen molar-refractivity contribution in [1.29, 1.82) is 10.5 Å². The number of nitrogens with zero attached hydrogens (tertiary/aromatic N) is 2. The van der Waals surface area contributed by atoms with Crippen molar-refractivity contribution in [2.24, 2.45) is 0 Å². The zero-order chi connectivity index (χ0) is 28.7. The molecule has 40 heavy (non-hydrogen) atoms. The average molecular weight is 548 g/mol. The summed E-state index contributed by atoms with van der Waals surface area (Å²) in [6, 6.07) is 24.4. The Morgan fingerprint density at radius 2 is 0.900 bits per heavy atom. The van der Waals surface area contributed by atoms with Crippen LogP contribution in [0.1, 0.15) is 11.1 Å². The van der Waals surface area contributed by atoms with E-state index in [-0.39, 0.29) is 27.8 Å². The van der Waals surface area contributed by atoms with Gasteiger partial charge >= 0.3 is 12.7 Å². The van der Waals surface area contributed by atoms with Gasteiger partial charge in [-0.2, -0.15) is 10.5 Å². The van der Waals surface area contributed by atoms with E-state index in [1.54, 1.807) is 72.8 Å². The highest BCUT2D eigenvalue weighted by Gasteiger charge is 2.37. The molecule has 0 bridgehead atoms. The summed E-state index contributed by atoms with van der Waals surface area (Å²) >= 11 is 0. The molecule has 4 aromatic rings. The van der Waals surface area contributed by atoms with E-state index >= 15 is 0 Å². The van der Waals surface area contributed by atoms with E-state index in [1.807, 2.05) is 0 Å². The number of benzene rings is 4. The average Bonchev–Trinajstić information content (AvgIpc) is 3.20. The highest BCUT2D eigenvalue weighted by Crippen LogP contribution is 2.53. The van der Waals surface area contributed by atoms with Crippen molar-refractivity contribution in [1.82, 2.24) is 0 Å². The van der Waals surface area contributed by atoms with Gasteiger partial charge in [-0.1, -0.05) is 60.7 Å². The summed E-state index contributed by atoms with van der Waals surface area (Å²) in [5.41, 5.74) is 0.880. The van der Waals surface area contributed by atoms with Gasteiger partial charge in [0.25, 0.3) is 0 Å². The van der Waals surface area contributed by atoms with E-state index in [0.717, 1.165) is 12.1 Å². The lowest BCUT2D eigenvalue weighted by Gasteiger charge is -2.17. The highest BCUT2D eigenvalue weighted by atomic mass is 19.4. The van der Waals surface area contributed by atoms with Crippen LogP contribution in [0, 0.1) is 22.7 Å². The van der Waals surface area contributed by atoms with Gasteiger partial charge in [0, 0.05) is 16.7 Å². The molecule has 198 valence electrons. The van der Waals surface area contributed by atoms with Crippen LogP contribution >= 0.6 is 0 Å². The number of ether oxygens (including phenoxy) is 2. The van der Waals surface area contributed by atoms with E-state index < -0.39 is 29.8 Å². The standard InChI is InChI=1S/C30H14F6N2O2/c31-29(32,33)39-26-13-24-22(11-20(26)17-7-3-1-4-8-17)23-12-21(18-9-5-2-6-10-18)27(40-30(34,35)36)14-25(23)28(24)19(15-37)16-38/h1-14H. The van der Waals surface area contributed by atoms with Gasteiger partial charge in [0.2, 0.25) is 0 Å². The third-order valence-corrected chi connectivity index (χ3v) is 6.16. The van der Waals surface area contributed by atoms with Crippen LogP contribution in [0.3, 0.4) is 0 Å². The van der Waals surface area contributed by atoms with Gasteiger partial charge in [-0.3, -0.25) is 0 Å². The minimum Gasteiger partial charge on any atom is -0.405 e. The van der Waals surface area contributed by atoms with Crippen molar-refractivity contribution in [2.45, 2.75) is 12.7 Å². The number of hydrogen-bond donors (Lipinski definition) is 0. The van der Waals surface area contributed by atoms with Crippen molar-refractivity contribution in [3.8, 4) is 57.0 Å². The summed E-state index contributed by atoms with van der Waals surface area (Å²) in [5, 5.41) is 19.3. The SMILES string of the molecule is N#CC(C#N)=C1c2cc(OC(F)(F)F)c(-c3ccccc3)cc2-c2cc(-c3ccccc3)c(OC(F)(F)F)cc21. The van der Waals surface area contributed by atoms with Crippen molar-refractivity contribution >= 4 is 5.57 Å². The molecule has 1 aliphatic rings. The molecular formula is C30H14F6N2O2. The molecule has 0 N–H and O–H groups in total. The molecule has 0 saturated heterocycles. The summed E-state index contributed by atoms with van der Waals surface area (Å²) in [5.74, 6) is -1.21. The molecule has 0 unspecified atom stereocenters. The third kappa shape index (κ3) is 5.07. The van der Waals surface area contributed by atoms with Gasteiger partial charge in [-0.15, -0.1) is 26.3 Å². The predicted molar refractivity (Wildman–Crippen MR) is 133 cm³/mol. The summed E-state index contributed by atoms with van der Waals surface area (Å²) < 4.78 is 89.2. The molecule has 10 heteroatoms. The first kappa shape index (κ1) is 26.4. The zero-order valence-electron chi connectivity index (χ0n) is 20.1. The number of allylic oxidation sites excluding steroid dienone is 1. The number of rotatable bonds is 4. The van der Waals surface area contributed by atoms with Crippen molar-refractivity contribution in [3.63, 3.8) is 0 Å². The molecule has 0 radical (unpaired) electrons. The molecule has 0 aromatic heterocycles. The maximum Gasteiger partial charge on any atom is 0.573 e. The summed E-state index contributed by atoms with van der Waals surface area (Å²) in [6.45, 7) is 0. The van der Waals surface area contributed by atoms with Gasteiger partial charge < -0.3 is 9.47 Å². The third-order valence-electron chi connectivity index (χ3n) is 6.16. The maximum absolute atomic E-state index is 13.4. The van der Waals surface area contributed by atoms with Crippen LogP contribution in [-0.2, 0) is 0 Å². The van der Waals surface area contributed by atoms with Crippen LogP contribution in [0.4, 0.5) is 26.3 Å². The van der Waals surface area contributed by atoms with Crippen LogP contribution in [-0.4, -0.2) is 12.7 Å². The van der Waals surface area contributed by atoms with Gasteiger partial charge in [0.15, 0.2) is 0 Å². The number of hydrogen-bond acceptors (Lipinski definition) is 4. The highest BCUT2D eigenvalue weighted by molar-refractivity contribution is 6.07. The first-order chi connectivity index (χ1) is 19.0. The molecule has 0 saturated carbocycles. The monoisotopic (exact) mass is 548 g/mol. The molecule has 4 nitrogen and oxygen atoms in total. The minimum absolute atomic E-state index is 0.0233. The Hall–Kier alpha value is -5.22. The predicted octanol–water partition coefficient (Wildman–Crippen LogP) is 8.65. The van der Waals surface area contributed by atoms with E-state index in [2.05, 4.69) is 9.47 Å². The van der Waals surface area contributed by atoms with E-state index in [9.17, 15) is 36.9 Å². The number of halogens is 6. The van der Waals surface area contributed by atoms with Crippen molar-refractivity contribution in [2.75, 3.05) is 0 Å². The second-order valence-corrected chi connectivity index (χ2v) is 8.59. The first-order valence-corrected chi connectivity index (χ1v) is 11.5. The van der Waals surface area contributed by atoms with Crippen LogP contribution in [0.5, 0.6) is 11.5 Å². The molecule has 4 aromatic carbocycles. The number of nitriles is 2. The van der Waals surface area contributed by atoms with E-state index in [0.29, 0.717) is 22.3 Å². The number of fused-ring (bicyclic) bond motifs is 3. The molecule has 0 fully saturated rings. The second kappa shape index (κ2) is 9.83. The summed E-state index contributed by atoms with van der Waals surface area (Å²) in [6.07, 6.45) is -10.1. The van der Waals surface area contributed by atoms with Gasteiger partial charge in [-0.25, -0.2) is 0 Å². The fourth-order valence-electron chi connectivity index (χ4n) is 4.68. The smallest absolute Gasteiger partial charge is 0.405 e. The van der Waals surface area contributed by atoms with Crippen LogP contribution < -0.4 is 9.47 Å². The zero-order valence-corrected chi connectivity index (χ0v) is 20.1. The molecule has 5 rings (SSSR count). The second-order valence-electron chi connectivity index (χ2n) is 8.59. The van der Waals surface area contributed by atoms with Crippen molar-refractivity contribution < 1.29 is 35.8 Å². The first-order valence-electron chi connectivity index (χ1n) is 11.5. The largest absolute Gasteiger partial charge is 0.573 e. The molecular weight excluding hydrogens is 534 g/mol. The van der Waals surface area contributed by atoms with Crippen LogP contribution in [0.15, 0.2) is 90.5 Å². The Morgan fingerprint density at radius 1 is 0.525 bits per heavy atom. The molecule has 1 aliphatic carbocycles. The topological polar surface area (TPSA) is 66.0 Å². The van der Waals surface area contributed by atoms with Gasteiger partial charge in [0.05, 0.1) is 0 Å². The Bertz CT molecular complexity index is 1600. The fraction of sp³-hybridized carbons (Fsp3) is 0.0667. The lowest BCUT2D eigenvalue weighted by molar-refractivity contribution is -0.275. The Morgan fingerprint density at radius 3 is 1.23 bits per heavy atom. The van der Waals surface area contributed by atoms with Gasteiger partial charge in [0.1, 0.15) is 29.2 Å². The summed E-state index contributed by atoms with van der Waals surface area (Å²) in [4.78, 5) is 0. The lowest BCUT2D eigenvalue weighted by Crippen LogP contribution is -2.17. The normalized spacial score (nSPS) is 12.2. The lowest BCUT2D eigenvalue weighted by atomic mass is 9.95. The van der Waals surface area contributed by atoms with E-state index in [1.165, 1.54) is 12.1 Å². The Labute approximate surface area is 223 Å². The Kier molecular flexibility index (Phi) is 6.48. The fourth-order valence-corrected chi connectivity index (χ4v) is 4.68. The minimum atomic E-state index is -5.07. The Balaban J connectivity index is 1.87. The molecule has 0 amide bonds. The van der Waals surface area contributed by atoms with Crippen LogP contribution in [0.2, 0.25) is 0 Å². The maximum atomic E-state index is 13.4. The quantitative estimate of drug-likeness (QED) is 0.167. The van der Waals surface area contributed by atoms with Crippen molar-refractivity contribution in [3.05, 3.63) is 102 Å². The van der Waals surface area contributed by atoms with Gasteiger partial charge in [-0.05, 0) is 57.6 Å². The molecule has 0 spiro atoms. The summed E-state index contributed by atoms with van der Waals surface area (Å²) in [7, 11) is 0. The molecule has 0 heterocycles.